The van der Waals surface area contributed by atoms with Gasteiger partial charge in [-0.3, -0.25) is 4.79 Å². The van der Waals surface area contributed by atoms with Crippen LogP contribution in [0.25, 0.3) is 0 Å². The molecule has 0 aliphatic heterocycles. The molecule has 4 heteroatoms. The average Bonchev–Trinajstić information content (AvgIpc) is 2.97. The summed E-state index contributed by atoms with van der Waals surface area (Å²) in [5.74, 6) is -0.379. The second-order valence-corrected chi connectivity index (χ2v) is 3.39. The van der Waals surface area contributed by atoms with Gasteiger partial charge in [0.05, 0.1) is 13.0 Å². The number of hydrogen-bond acceptors (Lipinski definition) is 3. The summed E-state index contributed by atoms with van der Waals surface area (Å²) in [6, 6.07) is 5.43. The van der Waals surface area contributed by atoms with Gasteiger partial charge in [0.15, 0.2) is 0 Å². The zero-order chi connectivity index (χ0) is 10.1. The molecule has 0 unspecified atom stereocenters. The minimum Gasteiger partial charge on any atom is -0.481 e. The van der Waals surface area contributed by atoms with E-state index < -0.39 is 5.97 Å². The first-order chi connectivity index (χ1) is 6.72. The van der Waals surface area contributed by atoms with Crippen LogP contribution in [0.2, 0.25) is 0 Å². The fourth-order valence-electron chi connectivity index (χ4n) is 1.55. The van der Waals surface area contributed by atoms with Crippen molar-refractivity contribution >= 4 is 5.97 Å². The van der Waals surface area contributed by atoms with Crippen LogP contribution in [0.3, 0.4) is 0 Å². The SMILES string of the molecule is COc1cccc([C@@H]2C[C@H]2C(=O)O)n1. The van der Waals surface area contributed by atoms with Gasteiger partial charge in [-0.05, 0) is 12.5 Å². The minimum atomic E-state index is -0.736. The number of hydrogen-bond donors (Lipinski definition) is 1. The van der Waals surface area contributed by atoms with Gasteiger partial charge in [0, 0.05) is 17.7 Å². The van der Waals surface area contributed by atoms with Crippen LogP contribution in [0, 0.1) is 5.92 Å². The highest BCUT2D eigenvalue weighted by molar-refractivity contribution is 5.75. The number of ether oxygens (including phenoxy) is 1. The minimum absolute atomic E-state index is 0.0719. The molecule has 74 valence electrons. The normalized spacial score (nSPS) is 24.4. The molecule has 0 aromatic carbocycles. The van der Waals surface area contributed by atoms with Crippen molar-refractivity contribution in [2.45, 2.75) is 12.3 Å². The quantitative estimate of drug-likeness (QED) is 0.785. The molecule has 0 bridgehead atoms. The molecule has 1 heterocycles. The molecule has 1 N–H and O–H groups in total. The number of methoxy groups -OCH3 is 1. The van der Waals surface area contributed by atoms with E-state index in [-0.39, 0.29) is 11.8 Å². The molecule has 1 aromatic rings. The molecule has 4 nitrogen and oxygen atoms in total. The predicted octanol–water partition coefficient (Wildman–Crippen LogP) is 1.28. The van der Waals surface area contributed by atoms with Gasteiger partial charge in [-0.1, -0.05) is 6.07 Å². The van der Waals surface area contributed by atoms with Gasteiger partial charge >= 0.3 is 5.97 Å². The summed E-state index contributed by atoms with van der Waals surface area (Å²) in [6.45, 7) is 0. The highest BCUT2D eigenvalue weighted by Gasteiger charge is 2.45. The average molecular weight is 193 g/mol. The largest absolute Gasteiger partial charge is 0.481 e. The molecule has 0 amide bonds. The van der Waals surface area contributed by atoms with Crippen LogP contribution in [0.4, 0.5) is 0 Å². The lowest BCUT2D eigenvalue weighted by Crippen LogP contribution is -2.00. The maximum absolute atomic E-state index is 10.6. The van der Waals surface area contributed by atoms with Gasteiger partial charge in [0.2, 0.25) is 5.88 Å². The molecule has 14 heavy (non-hydrogen) atoms. The molecule has 1 saturated carbocycles. The Balaban J connectivity index is 2.15. The van der Waals surface area contributed by atoms with Crippen LogP contribution >= 0.6 is 0 Å². The van der Waals surface area contributed by atoms with Gasteiger partial charge in [0.1, 0.15) is 0 Å². The number of carboxylic acids is 1. The number of carbonyl (C=O) groups is 1. The van der Waals surface area contributed by atoms with Gasteiger partial charge in [-0.25, -0.2) is 4.98 Å². The zero-order valence-corrected chi connectivity index (χ0v) is 7.80. The van der Waals surface area contributed by atoms with Crippen molar-refractivity contribution < 1.29 is 14.6 Å². The van der Waals surface area contributed by atoms with E-state index >= 15 is 0 Å². The summed E-state index contributed by atoms with van der Waals surface area (Å²) in [7, 11) is 1.55. The first kappa shape index (κ1) is 8.99. The highest BCUT2D eigenvalue weighted by Crippen LogP contribution is 2.46. The Morgan fingerprint density at radius 3 is 3.00 bits per heavy atom. The Morgan fingerprint density at radius 2 is 2.43 bits per heavy atom. The van der Waals surface area contributed by atoms with Crippen molar-refractivity contribution in [1.82, 2.24) is 4.98 Å². The van der Waals surface area contributed by atoms with Crippen molar-refractivity contribution in [3.8, 4) is 5.88 Å². The fourth-order valence-corrected chi connectivity index (χ4v) is 1.55. The lowest BCUT2D eigenvalue weighted by Gasteiger charge is -2.01. The highest BCUT2D eigenvalue weighted by atomic mass is 16.5. The van der Waals surface area contributed by atoms with Crippen molar-refractivity contribution in [2.75, 3.05) is 7.11 Å². The Morgan fingerprint density at radius 1 is 1.64 bits per heavy atom. The molecular weight excluding hydrogens is 182 g/mol. The summed E-state index contributed by atoms with van der Waals surface area (Å²) in [4.78, 5) is 14.8. The van der Waals surface area contributed by atoms with Crippen molar-refractivity contribution in [3.63, 3.8) is 0 Å². The summed E-state index contributed by atoms with van der Waals surface area (Å²) in [6.07, 6.45) is 0.690. The summed E-state index contributed by atoms with van der Waals surface area (Å²) >= 11 is 0. The Labute approximate surface area is 81.5 Å². The van der Waals surface area contributed by atoms with Crippen LogP contribution in [0.15, 0.2) is 18.2 Å². The van der Waals surface area contributed by atoms with Crippen molar-refractivity contribution in [2.24, 2.45) is 5.92 Å². The van der Waals surface area contributed by atoms with E-state index in [1.807, 2.05) is 12.1 Å². The van der Waals surface area contributed by atoms with E-state index in [0.29, 0.717) is 12.3 Å². The molecule has 1 aliphatic rings. The third-order valence-electron chi connectivity index (χ3n) is 2.44. The smallest absolute Gasteiger partial charge is 0.307 e. The third kappa shape index (κ3) is 1.55. The molecule has 2 atom stereocenters. The second-order valence-electron chi connectivity index (χ2n) is 3.39. The van der Waals surface area contributed by atoms with Crippen molar-refractivity contribution in [3.05, 3.63) is 23.9 Å². The molecule has 1 aliphatic carbocycles. The number of aliphatic carboxylic acids is 1. The predicted molar refractivity (Wildman–Crippen MR) is 49.3 cm³/mol. The van der Waals surface area contributed by atoms with Crippen LogP contribution in [-0.4, -0.2) is 23.2 Å². The summed E-state index contributed by atoms with van der Waals surface area (Å²) < 4.78 is 4.97. The Kier molecular flexibility index (Phi) is 2.11. The monoisotopic (exact) mass is 193 g/mol. The molecule has 1 fully saturated rings. The number of pyridine rings is 1. The first-order valence-electron chi connectivity index (χ1n) is 4.46. The second kappa shape index (κ2) is 3.29. The molecular formula is C10H11NO3. The lowest BCUT2D eigenvalue weighted by atomic mass is 10.2. The topological polar surface area (TPSA) is 59.4 Å². The lowest BCUT2D eigenvalue weighted by molar-refractivity contribution is -0.138. The van der Waals surface area contributed by atoms with E-state index in [2.05, 4.69) is 4.98 Å². The van der Waals surface area contributed by atoms with Crippen molar-refractivity contribution in [1.29, 1.82) is 0 Å². The van der Waals surface area contributed by atoms with Crippen LogP contribution < -0.4 is 4.74 Å². The molecule has 0 saturated heterocycles. The van der Waals surface area contributed by atoms with Crippen LogP contribution in [0.1, 0.15) is 18.0 Å². The fraction of sp³-hybridized carbons (Fsp3) is 0.400. The van der Waals surface area contributed by atoms with Crippen LogP contribution in [-0.2, 0) is 4.79 Å². The van der Waals surface area contributed by atoms with E-state index in [4.69, 9.17) is 9.84 Å². The van der Waals surface area contributed by atoms with Crippen LogP contribution in [0.5, 0.6) is 5.88 Å². The summed E-state index contributed by atoms with van der Waals surface area (Å²) in [5.41, 5.74) is 0.816. The molecule has 0 spiro atoms. The Hall–Kier alpha value is -1.58. The molecule has 1 aromatic heterocycles. The first-order valence-corrected chi connectivity index (χ1v) is 4.46. The maximum atomic E-state index is 10.6. The van der Waals surface area contributed by atoms with Gasteiger partial charge in [0.25, 0.3) is 0 Å². The molecule has 2 rings (SSSR count). The number of aromatic nitrogens is 1. The van der Waals surface area contributed by atoms with E-state index in [0.717, 1.165) is 5.69 Å². The number of rotatable bonds is 3. The standard InChI is InChI=1S/C10H11NO3/c1-14-9-4-2-3-8(11-9)6-5-7(6)10(12)13/h2-4,6-7H,5H2,1H3,(H,12,13)/t6-,7-/m1/s1. The summed E-state index contributed by atoms with van der Waals surface area (Å²) in [5, 5.41) is 8.75. The number of carboxylic acid groups (broad SMARTS) is 1. The zero-order valence-electron chi connectivity index (χ0n) is 7.80. The maximum Gasteiger partial charge on any atom is 0.307 e. The molecule has 0 radical (unpaired) electrons. The van der Waals surface area contributed by atoms with Gasteiger partial charge in [-0.15, -0.1) is 0 Å². The van der Waals surface area contributed by atoms with Gasteiger partial charge in [-0.2, -0.15) is 0 Å². The Bertz CT molecular complexity index is 364. The number of nitrogens with zero attached hydrogens (tertiary/aromatic N) is 1. The van der Waals surface area contributed by atoms with E-state index in [9.17, 15) is 4.79 Å². The van der Waals surface area contributed by atoms with Gasteiger partial charge < -0.3 is 9.84 Å². The van der Waals surface area contributed by atoms with E-state index in [1.165, 1.54) is 0 Å². The van der Waals surface area contributed by atoms with E-state index in [1.54, 1.807) is 13.2 Å². The third-order valence-corrected chi connectivity index (χ3v) is 2.44.